The first kappa shape index (κ1) is 24.2. The molecular formula is C24H35N5O3S. The number of nitrogens with one attached hydrogen (secondary N) is 1. The van der Waals surface area contributed by atoms with Crippen LogP contribution in [0.3, 0.4) is 0 Å². The largest absolute Gasteiger partial charge is 0.383 e. The SMILES string of the molecule is COCCn1c(SCC(=O)NCC2(N3CCOCC3)CCCCC2)nnc1-c1ccccc1. The van der Waals surface area contributed by atoms with Crippen molar-refractivity contribution in [2.24, 2.45) is 0 Å². The van der Waals surface area contributed by atoms with Gasteiger partial charge in [-0.05, 0) is 12.8 Å². The monoisotopic (exact) mass is 473 g/mol. The first-order valence-corrected chi connectivity index (χ1v) is 12.9. The van der Waals surface area contributed by atoms with Crippen LogP contribution in [0.2, 0.25) is 0 Å². The Morgan fingerprint density at radius 2 is 1.91 bits per heavy atom. The summed E-state index contributed by atoms with van der Waals surface area (Å²) in [5.74, 6) is 1.16. The minimum absolute atomic E-state index is 0.0424. The van der Waals surface area contributed by atoms with E-state index in [-0.39, 0.29) is 11.4 Å². The van der Waals surface area contributed by atoms with E-state index in [1.54, 1.807) is 7.11 Å². The highest BCUT2D eigenvalue weighted by Gasteiger charge is 2.38. The average Bonchev–Trinajstić information content (AvgIpc) is 3.29. The van der Waals surface area contributed by atoms with E-state index < -0.39 is 0 Å². The lowest BCUT2D eigenvalue weighted by Gasteiger charge is -2.48. The Balaban J connectivity index is 1.37. The number of aromatic nitrogens is 3. The molecule has 1 amide bonds. The lowest BCUT2D eigenvalue weighted by atomic mass is 9.79. The first-order chi connectivity index (χ1) is 16.2. The number of thioether (sulfide) groups is 1. The van der Waals surface area contributed by atoms with Gasteiger partial charge in [-0.25, -0.2) is 0 Å². The molecular weight excluding hydrogens is 438 g/mol. The normalized spacial score (nSPS) is 18.8. The molecule has 8 nitrogen and oxygen atoms in total. The van der Waals surface area contributed by atoms with Crippen LogP contribution < -0.4 is 5.32 Å². The van der Waals surface area contributed by atoms with Gasteiger partial charge >= 0.3 is 0 Å². The van der Waals surface area contributed by atoms with Gasteiger partial charge in [0.15, 0.2) is 11.0 Å². The zero-order valence-electron chi connectivity index (χ0n) is 19.5. The van der Waals surface area contributed by atoms with Crippen LogP contribution >= 0.6 is 11.8 Å². The fourth-order valence-corrected chi connectivity index (χ4v) is 5.67. The Kier molecular flexibility index (Phi) is 8.77. The number of methoxy groups -OCH3 is 1. The van der Waals surface area contributed by atoms with Gasteiger partial charge in [0, 0.05) is 37.8 Å². The maximum absolute atomic E-state index is 12.8. The summed E-state index contributed by atoms with van der Waals surface area (Å²) < 4.78 is 12.9. The zero-order valence-corrected chi connectivity index (χ0v) is 20.3. The van der Waals surface area contributed by atoms with Gasteiger partial charge in [-0.15, -0.1) is 10.2 Å². The molecule has 0 radical (unpaired) electrons. The van der Waals surface area contributed by atoms with Crippen molar-refractivity contribution in [2.75, 3.05) is 52.3 Å². The summed E-state index contributed by atoms with van der Waals surface area (Å²) >= 11 is 1.43. The predicted octanol–water partition coefficient (Wildman–Crippen LogP) is 2.83. The molecule has 33 heavy (non-hydrogen) atoms. The third-order valence-electron chi connectivity index (χ3n) is 6.68. The van der Waals surface area contributed by atoms with Gasteiger partial charge < -0.3 is 14.8 Å². The maximum Gasteiger partial charge on any atom is 0.230 e. The van der Waals surface area contributed by atoms with E-state index in [4.69, 9.17) is 9.47 Å². The molecule has 1 aliphatic carbocycles. The van der Waals surface area contributed by atoms with Crippen molar-refractivity contribution in [3.05, 3.63) is 30.3 Å². The molecule has 9 heteroatoms. The standard InChI is InChI=1S/C24H35N5O3S/c1-31-15-14-29-22(20-8-4-2-5-9-20)26-27-23(29)33-18-21(30)25-19-24(10-6-3-7-11-24)28-12-16-32-17-13-28/h2,4-5,8-9H,3,6-7,10-19H2,1H3,(H,25,30). The Hall–Kier alpha value is -1.94. The lowest BCUT2D eigenvalue weighted by molar-refractivity contribution is -0.119. The number of ether oxygens (including phenoxy) is 2. The maximum atomic E-state index is 12.8. The minimum Gasteiger partial charge on any atom is -0.383 e. The molecule has 1 aromatic heterocycles. The lowest BCUT2D eigenvalue weighted by Crippen LogP contribution is -2.59. The Bertz CT molecular complexity index is 879. The second-order valence-electron chi connectivity index (χ2n) is 8.77. The quantitative estimate of drug-likeness (QED) is 0.532. The molecule has 1 aromatic carbocycles. The molecule has 2 aromatic rings. The van der Waals surface area contributed by atoms with Crippen LogP contribution in [0.25, 0.3) is 11.4 Å². The summed E-state index contributed by atoms with van der Waals surface area (Å²) in [5.41, 5.74) is 1.07. The molecule has 1 aliphatic heterocycles. The second-order valence-corrected chi connectivity index (χ2v) is 9.71. The number of morpholine rings is 1. The van der Waals surface area contributed by atoms with Crippen molar-refractivity contribution < 1.29 is 14.3 Å². The van der Waals surface area contributed by atoms with Gasteiger partial charge in [0.25, 0.3) is 0 Å². The summed E-state index contributed by atoms with van der Waals surface area (Å²) in [7, 11) is 1.68. The second kappa shape index (κ2) is 12.0. The van der Waals surface area contributed by atoms with Crippen molar-refractivity contribution in [3.8, 4) is 11.4 Å². The van der Waals surface area contributed by atoms with E-state index in [0.717, 1.165) is 55.7 Å². The summed E-state index contributed by atoms with van der Waals surface area (Å²) in [6.07, 6.45) is 6.04. The molecule has 2 aliphatic rings. The number of carbonyl (C=O) groups is 1. The van der Waals surface area contributed by atoms with Crippen molar-refractivity contribution in [1.82, 2.24) is 25.0 Å². The van der Waals surface area contributed by atoms with Gasteiger partial charge in [0.1, 0.15) is 0 Å². The molecule has 0 atom stereocenters. The molecule has 1 saturated carbocycles. The van der Waals surface area contributed by atoms with E-state index >= 15 is 0 Å². The molecule has 1 N–H and O–H groups in total. The number of hydrogen-bond donors (Lipinski definition) is 1. The Labute approximate surface area is 200 Å². The van der Waals surface area contributed by atoms with E-state index in [9.17, 15) is 4.79 Å². The number of nitrogens with zero attached hydrogens (tertiary/aromatic N) is 4. The third kappa shape index (κ3) is 6.15. The van der Waals surface area contributed by atoms with Gasteiger partial charge in [-0.1, -0.05) is 61.4 Å². The van der Waals surface area contributed by atoms with E-state index in [0.29, 0.717) is 25.4 Å². The van der Waals surface area contributed by atoms with E-state index in [2.05, 4.69) is 20.4 Å². The third-order valence-corrected chi connectivity index (χ3v) is 7.65. The first-order valence-electron chi connectivity index (χ1n) is 11.9. The molecule has 2 heterocycles. The van der Waals surface area contributed by atoms with Crippen LogP contribution in [0, 0.1) is 0 Å². The number of rotatable bonds is 10. The zero-order chi connectivity index (χ0) is 22.9. The Morgan fingerprint density at radius 1 is 1.15 bits per heavy atom. The van der Waals surface area contributed by atoms with Crippen LogP contribution in [-0.2, 0) is 20.8 Å². The van der Waals surface area contributed by atoms with Crippen LogP contribution in [0.4, 0.5) is 0 Å². The predicted molar refractivity (Wildman–Crippen MR) is 129 cm³/mol. The van der Waals surface area contributed by atoms with E-state index in [1.807, 2.05) is 34.9 Å². The number of hydrogen-bond acceptors (Lipinski definition) is 7. The summed E-state index contributed by atoms with van der Waals surface area (Å²) in [6, 6.07) is 9.99. The number of amides is 1. The molecule has 0 bridgehead atoms. The highest BCUT2D eigenvalue weighted by atomic mass is 32.2. The summed E-state index contributed by atoms with van der Waals surface area (Å²) in [6.45, 7) is 5.37. The summed E-state index contributed by atoms with van der Waals surface area (Å²) in [4.78, 5) is 15.4. The summed E-state index contributed by atoms with van der Waals surface area (Å²) in [5, 5.41) is 12.7. The van der Waals surface area contributed by atoms with Crippen molar-refractivity contribution in [1.29, 1.82) is 0 Å². The van der Waals surface area contributed by atoms with Crippen LogP contribution in [0.1, 0.15) is 32.1 Å². The minimum atomic E-state index is 0.0424. The van der Waals surface area contributed by atoms with E-state index in [1.165, 1.54) is 31.0 Å². The van der Waals surface area contributed by atoms with Gasteiger partial charge in [0.2, 0.25) is 5.91 Å². The van der Waals surface area contributed by atoms with Crippen LogP contribution in [0.15, 0.2) is 35.5 Å². The van der Waals surface area contributed by atoms with Gasteiger partial charge in [-0.2, -0.15) is 0 Å². The highest BCUT2D eigenvalue weighted by molar-refractivity contribution is 7.99. The smallest absolute Gasteiger partial charge is 0.230 e. The van der Waals surface area contributed by atoms with Gasteiger partial charge in [0.05, 0.1) is 32.1 Å². The molecule has 180 valence electrons. The fraction of sp³-hybridized carbons (Fsp3) is 0.625. The molecule has 1 saturated heterocycles. The average molecular weight is 474 g/mol. The fourth-order valence-electron chi connectivity index (χ4n) is 4.88. The highest BCUT2D eigenvalue weighted by Crippen LogP contribution is 2.34. The molecule has 4 rings (SSSR count). The topological polar surface area (TPSA) is 81.5 Å². The number of carbonyl (C=O) groups excluding carboxylic acids is 1. The number of benzene rings is 1. The molecule has 0 spiro atoms. The van der Waals surface area contributed by atoms with Crippen LogP contribution in [0.5, 0.6) is 0 Å². The molecule has 0 unspecified atom stereocenters. The Morgan fingerprint density at radius 3 is 2.64 bits per heavy atom. The van der Waals surface area contributed by atoms with Crippen molar-refractivity contribution in [2.45, 2.75) is 49.3 Å². The van der Waals surface area contributed by atoms with Crippen molar-refractivity contribution >= 4 is 17.7 Å². The van der Waals surface area contributed by atoms with Crippen molar-refractivity contribution in [3.63, 3.8) is 0 Å². The van der Waals surface area contributed by atoms with Gasteiger partial charge in [-0.3, -0.25) is 14.3 Å². The van der Waals surface area contributed by atoms with Crippen LogP contribution in [-0.4, -0.2) is 83.4 Å². The molecule has 2 fully saturated rings.